The molecule has 2 atom stereocenters. The van der Waals surface area contributed by atoms with Crippen LogP contribution in [0.3, 0.4) is 0 Å². The summed E-state index contributed by atoms with van der Waals surface area (Å²) in [6.45, 7) is 5.64. The van der Waals surface area contributed by atoms with Gasteiger partial charge in [-0.15, -0.1) is 0 Å². The van der Waals surface area contributed by atoms with Gasteiger partial charge in [-0.2, -0.15) is 0 Å². The van der Waals surface area contributed by atoms with Crippen molar-refractivity contribution < 1.29 is 19.1 Å². The third kappa shape index (κ3) is 2.78. The summed E-state index contributed by atoms with van der Waals surface area (Å²) in [5.74, 6) is 0.394. The van der Waals surface area contributed by atoms with Gasteiger partial charge in [0.05, 0.1) is 6.42 Å². The second-order valence-corrected chi connectivity index (χ2v) is 7.51. The number of hydrogen-bond acceptors (Lipinski definition) is 5. The molecule has 0 heterocycles. The normalized spacial score (nSPS) is 38.6. The second-order valence-electron chi connectivity index (χ2n) is 7.51. The predicted molar refractivity (Wildman–Crippen MR) is 80.8 cm³/mol. The molecule has 4 fully saturated rings. The van der Waals surface area contributed by atoms with Crippen LogP contribution in [0.4, 0.5) is 0 Å². The molecule has 2 N–H and O–H groups in total. The highest BCUT2D eigenvalue weighted by Crippen LogP contribution is 2.60. The van der Waals surface area contributed by atoms with Crippen LogP contribution >= 0.6 is 0 Å². The average Bonchev–Trinajstić information content (AvgIpc) is 2.35. The van der Waals surface area contributed by atoms with Crippen molar-refractivity contribution in [2.75, 3.05) is 6.54 Å². The van der Waals surface area contributed by atoms with Crippen molar-refractivity contribution in [1.82, 2.24) is 0 Å². The molecule has 0 aromatic heterocycles. The van der Waals surface area contributed by atoms with Crippen LogP contribution in [0, 0.1) is 11.8 Å². The lowest BCUT2D eigenvalue weighted by Gasteiger charge is -2.60. The van der Waals surface area contributed by atoms with Crippen molar-refractivity contribution in [3.05, 3.63) is 12.2 Å². The quantitative estimate of drug-likeness (QED) is 0.621. The highest BCUT2D eigenvalue weighted by atomic mass is 16.6. The van der Waals surface area contributed by atoms with Gasteiger partial charge in [-0.1, -0.05) is 6.58 Å². The average molecular weight is 307 g/mol. The molecule has 4 aliphatic rings. The Hall–Kier alpha value is -1.36. The van der Waals surface area contributed by atoms with Crippen LogP contribution in [0.5, 0.6) is 0 Å². The van der Waals surface area contributed by atoms with E-state index >= 15 is 0 Å². The molecular formula is C17H25NO4. The molecule has 4 saturated carbocycles. The lowest BCUT2D eigenvalue weighted by Crippen LogP contribution is -2.61. The maximum atomic E-state index is 12.0. The SMILES string of the molecule is C=C(C)C(=O)OC12CC3CC(CC(OC(=O)CCN)(C3)C1)C2. The van der Waals surface area contributed by atoms with Gasteiger partial charge in [0.15, 0.2) is 0 Å². The Morgan fingerprint density at radius 2 is 1.68 bits per heavy atom. The van der Waals surface area contributed by atoms with Crippen LogP contribution in [0.1, 0.15) is 51.9 Å². The van der Waals surface area contributed by atoms with Crippen molar-refractivity contribution in [2.45, 2.75) is 63.1 Å². The van der Waals surface area contributed by atoms with Gasteiger partial charge in [-0.25, -0.2) is 4.79 Å². The first-order valence-electron chi connectivity index (χ1n) is 8.16. The van der Waals surface area contributed by atoms with E-state index in [-0.39, 0.29) is 18.4 Å². The van der Waals surface area contributed by atoms with E-state index < -0.39 is 11.2 Å². The van der Waals surface area contributed by atoms with Crippen molar-refractivity contribution in [3.63, 3.8) is 0 Å². The minimum atomic E-state index is -0.469. The van der Waals surface area contributed by atoms with Gasteiger partial charge in [0.1, 0.15) is 11.2 Å². The van der Waals surface area contributed by atoms with E-state index in [1.165, 1.54) is 0 Å². The van der Waals surface area contributed by atoms with Gasteiger partial charge in [0.2, 0.25) is 0 Å². The molecule has 4 rings (SSSR count). The zero-order valence-corrected chi connectivity index (χ0v) is 13.2. The van der Waals surface area contributed by atoms with Gasteiger partial charge in [-0.3, -0.25) is 4.79 Å². The summed E-state index contributed by atoms with van der Waals surface area (Å²) in [4.78, 5) is 23.9. The molecule has 5 nitrogen and oxygen atoms in total. The molecule has 4 aliphatic carbocycles. The summed E-state index contributed by atoms with van der Waals surface area (Å²) >= 11 is 0. The Balaban J connectivity index is 1.79. The molecule has 0 amide bonds. The Bertz CT molecular complexity index is 499. The van der Waals surface area contributed by atoms with Crippen LogP contribution in [0.2, 0.25) is 0 Å². The predicted octanol–water partition coefficient (Wildman–Crippen LogP) is 2.09. The van der Waals surface area contributed by atoms with Gasteiger partial charge in [0, 0.05) is 18.5 Å². The Morgan fingerprint density at radius 1 is 1.14 bits per heavy atom. The zero-order valence-electron chi connectivity index (χ0n) is 13.2. The first-order chi connectivity index (χ1) is 10.4. The van der Waals surface area contributed by atoms with Crippen molar-refractivity contribution in [1.29, 1.82) is 0 Å². The van der Waals surface area contributed by atoms with Gasteiger partial charge in [0.25, 0.3) is 0 Å². The third-order valence-electron chi connectivity index (χ3n) is 5.29. The van der Waals surface area contributed by atoms with E-state index in [9.17, 15) is 9.59 Å². The molecule has 2 unspecified atom stereocenters. The van der Waals surface area contributed by atoms with Crippen LogP contribution < -0.4 is 5.73 Å². The molecule has 0 saturated heterocycles. The Morgan fingerprint density at radius 3 is 2.18 bits per heavy atom. The summed E-state index contributed by atoms with van der Waals surface area (Å²) < 4.78 is 11.6. The van der Waals surface area contributed by atoms with Gasteiger partial charge in [-0.05, 0) is 50.9 Å². The summed E-state index contributed by atoms with van der Waals surface area (Å²) in [7, 11) is 0. The lowest BCUT2D eigenvalue weighted by atomic mass is 9.52. The number of ether oxygens (including phenoxy) is 2. The number of carbonyl (C=O) groups excluding carboxylic acids is 2. The standard InChI is InChI=1S/C17H25NO4/c1-11(2)15(20)22-17-8-12-5-13(9-17)7-16(6-12,10-17)21-14(19)3-4-18/h12-13H,1,3-10,18H2,2H3. The maximum Gasteiger partial charge on any atom is 0.333 e. The number of esters is 2. The van der Waals surface area contributed by atoms with Crippen molar-refractivity contribution in [2.24, 2.45) is 17.6 Å². The minimum Gasteiger partial charge on any atom is -0.459 e. The maximum absolute atomic E-state index is 12.0. The van der Waals surface area contributed by atoms with Crippen molar-refractivity contribution in [3.8, 4) is 0 Å². The fraction of sp³-hybridized carbons (Fsp3) is 0.765. The molecule has 4 bridgehead atoms. The van der Waals surface area contributed by atoms with E-state index in [1.54, 1.807) is 6.92 Å². The zero-order chi connectivity index (χ0) is 16.0. The molecule has 0 aromatic carbocycles. The summed E-state index contributed by atoms with van der Waals surface area (Å²) in [6.07, 6.45) is 5.59. The van der Waals surface area contributed by atoms with Crippen LogP contribution in [0.25, 0.3) is 0 Å². The molecule has 0 aliphatic heterocycles. The first kappa shape index (κ1) is 15.5. The van der Waals surface area contributed by atoms with E-state index in [2.05, 4.69) is 6.58 Å². The van der Waals surface area contributed by atoms with E-state index in [4.69, 9.17) is 15.2 Å². The van der Waals surface area contributed by atoms with E-state index in [0.29, 0.717) is 30.4 Å². The number of carbonyl (C=O) groups is 2. The highest BCUT2D eigenvalue weighted by Gasteiger charge is 2.61. The minimum absolute atomic E-state index is 0.231. The van der Waals surface area contributed by atoms with E-state index in [0.717, 1.165) is 32.1 Å². The summed E-state index contributed by atoms with van der Waals surface area (Å²) in [5, 5.41) is 0. The Kier molecular flexibility index (Phi) is 3.79. The lowest BCUT2D eigenvalue weighted by molar-refractivity contribution is -0.229. The van der Waals surface area contributed by atoms with Crippen LogP contribution in [0.15, 0.2) is 12.2 Å². The molecule has 0 radical (unpaired) electrons. The summed E-state index contributed by atoms with van der Waals surface area (Å²) in [6, 6.07) is 0. The van der Waals surface area contributed by atoms with E-state index in [1.807, 2.05) is 0 Å². The number of rotatable bonds is 5. The molecule has 22 heavy (non-hydrogen) atoms. The van der Waals surface area contributed by atoms with Crippen LogP contribution in [-0.4, -0.2) is 29.7 Å². The third-order valence-corrected chi connectivity index (χ3v) is 5.29. The second kappa shape index (κ2) is 5.37. The molecule has 0 spiro atoms. The Labute approximate surface area is 131 Å². The van der Waals surface area contributed by atoms with Crippen molar-refractivity contribution >= 4 is 11.9 Å². The largest absolute Gasteiger partial charge is 0.459 e. The fourth-order valence-electron chi connectivity index (χ4n) is 5.03. The highest BCUT2D eigenvalue weighted by molar-refractivity contribution is 5.87. The monoisotopic (exact) mass is 307 g/mol. The number of hydrogen-bond donors (Lipinski definition) is 1. The summed E-state index contributed by atoms with van der Waals surface area (Å²) in [5.41, 5.74) is 4.94. The van der Waals surface area contributed by atoms with Gasteiger partial charge < -0.3 is 15.2 Å². The topological polar surface area (TPSA) is 78.6 Å². The van der Waals surface area contributed by atoms with Gasteiger partial charge >= 0.3 is 11.9 Å². The number of nitrogens with two attached hydrogens (primary N) is 1. The molecule has 122 valence electrons. The smallest absolute Gasteiger partial charge is 0.333 e. The molecule has 0 aromatic rings. The molecule has 5 heteroatoms. The molecular weight excluding hydrogens is 282 g/mol. The first-order valence-corrected chi connectivity index (χ1v) is 8.16. The fourth-order valence-corrected chi connectivity index (χ4v) is 5.03. The van der Waals surface area contributed by atoms with Crippen LogP contribution in [-0.2, 0) is 19.1 Å².